The molecule has 0 aromatic rings. The number of nitrogens with one attached hydrogen (secondary N) is 1. The van der Waals surface area contributed by atoms with Crippen molar-refractivity contribution in [3.05, 3.63) is 0 Å². The smallest absolute Gasteiger partial charge is 0.241 e. The van der Waals surface area contributed by atoms with Crippen molar-refractivity contribution in [2.75, 3.05) is 6.54 Å². The zero-order chi connectivity index (χ0) is 11.7. The van der Waals surface area contributed by atoms with E-state index in [4.69, 9.17) is 0 Å². The summed E-state index contributed by atoms with van der Waals surface area (Å²) in [7, 11) is 0. The van der Waals surface area contributed by atoms with E-state index < -0.39 is 0 Å². The molecule has 1 saturated heterocycles. The molecule has 0 aromatic carbocycles. The molecule has 2 rings (SSSR count). The molecular weight excluding hydrogens is 200 g/mol. The lowest BCUT2D eigenvalue weighted by Gasteiger charge is -2.23. The van der Waals surface area contributed by atoms with Gasteiger partial charge in [0.15, 0.2) is 0 Å². The molecule has 1 N–H and O–H groups in total. The van der Waals surface area contributed by atoms with Crippen molar-refractivity contribution in [1.82, 2.24) is 10.2 Å². The number of carbonyl (C=O) groups excluding carboxylic acids is 1. The highest BCUT2D eigenvalue weighted by Gasteiger charge is 2.42. The Bertz CT molecular complexity index is 267. The first-order valence-corrected chi connectivity index (χ1v) is 6.73. The molecule has 3 heteroatoms. The van der Waals surface area contributed by atoms with Crippen LogP contribution in [0.1, 0.15) is 46.5 Å². The lowest BCUT2D eigenvalue weighted by Crippen LogP contribution is -2.38. The predicted octanol–water partition coefficient (Wildman–Crippen LogP) is 1.98. The van der Waals surface area contributed by atoms with Gasteiger partial charge in [0.1, 0.15) is 0 Å². The second-order valence-electron chi connectivity index (χ2n) is 5.40. The molecule has 1 saturated carbocycles. The molecule has 1 heterocycles. The lowest BCUT2D eigenvalue weighted by molar-refractivity contribution is -0.130. The Morgan fingerprint density at radius 1 is 1.44 bits per heavy atom. The highest BCUT2D eigenvalue weighted by atomic mass is 16.2. The van der Waals surface area contributed by atoms with E-state index in [9.17, 15) is 4.79 Å². The maximum Gasteiger partial charge on any atom is 0.241 e. The van der Waals surface area contributed by atoms with Gasteiger partial charge >= 0.3 is 0 Å². The number of amides is 1. The Kier molecular flexibility index (Phi) is 3.53. The van der Waals surface area contributed by atoms with Gasteiger partial charge in [-0.1, -0.05) is 27.2 Å². The van der Waals surface area contributed by atoms with E-state index in [1.54, 1.807) is 0 Å². The predicted molar refractivity (Wildman–Crippen MR) is 64.9 cm³/mol. The second kappa shape index (κ2) is 4.74. The quantitative estimate of drug-likeness (QED) is 0.774. The van der Waals surface area contributed by atoms with Crippen molar-refractivity contribution in [3.8, 4) is 0 Å². The van der Waals surface area contributed by atoms with Gasteiger partial charge in [0, 0.05) is 6.54 Å². The van der Waals surface area contributed by atoms with Crippen LogP contribution in [0.4, 0.5) is 0 Å². The summed E-state index contributed by atoms with van der Waals surface area (Å²) in [4.78, 5) is 14.3. The van der Waals surface area contributed by atoms with Crippen LogP contribution in [0.2, 0.25) is 0 Å². The van der Waals surface area contributed by atoms with Crippen LogP contribution in [-0.4, -0.2) is 29.6 Å². The van der Waals surface area contributed by atoms with Gasteiger partial charge in [0.25, 0.3) is 0 Å². The molecule has 3 nitrogen and oxygen atoms in total. The Hall–Kier alpha value is -0.570. The third kappa shape index (κ3) is 2.24. The monoisotopic (exact) mass is 224 g/mol. The van der Waals surface area contributed by atoms with Gasteiger partial charge < -0.3 is 4.90 Å². The minimum atomic E-state index is 0.0870. The van der Waals surface area contributed by atoms with Gasteiger partial charge in [0.2, 0.25) is 5.91 Å². The Balaban J connectivity index is 1.95. The second-order valence-corrected chi connectivity index (χ2v) is 5.40. The van der Waals surface area contributed by atoms with Crippen molar-refractivity contribution in [1.29, 1.82) is 0 Å². The molecule has 1 amide bonds. The van der Waals surface area contributed by atoms with Crippen LogP contribution < -0.4 is 5.32 Å². The third-order valence-electron chi connectivity index (χ3n) is 4.02. The van der Waals surface area contributed by atoms with Crippen LogP contribution in [0, 0.1) is 11.8 Å². The summed E-state index contributed by atoms with van der Waals surface area (Å²) in [5, 5.41) is 3.47. The average molecular weight is 224 g/mol. The Morgan fingerprint density at radius 2 is 2.12 bits per heavy atom. The standard InChI is InChI=1S/C13H24N2O/c1-4-6-11-13(16)15(12(5-2)14-11)8-10-7-9(10)3/h9-12,14H,4-8H2,1-3H3. The minimum Gasteiger partial charge on any atom is -0.326 e. The van der Waals surface area contributed by atoms with E-state index in [1.807, 2.05) is 0 Å². The van der Waals surface area contributed by atoms with E-state index in [0.717, 1.165) is 37.6 Å². The summed E-state index contributed by atoms with van der Waals surface area (Å²) in [5.41, 5.74) is 0. The fourth-order valence-electron chi connectivity index (χ4n) is 2.70. The van der Waals surface area contributed by atoms with Gasteiger partial charge in [-0.15, -0.1) is 0 Å². The van der Waals surface area contributed by atoms with Crippen molar-refractivity contribution in [2.45, 2.75) is 58.7 Å². The highest BCUT2D eigenvalue weighted by molar-refractivity contribution is 5.84. The molecule has 1 aliphatic carbocycles. The van der Waals surface area contributed by atoms with E-state index in [0.29, 0.717) is 5.91 Å². The molecule has 0 radical (unpaired) electrons. The summed E-state index contributed by atoms with van der Waals surface area (Å²) in [6, 6.07) is 0.0870. The van der Waals surface area contributed by atoms with Crippen molar-refractivity contribution >= 4 is 5.91 Å². The first kappa shape index (κ1) is 11.9. The maximum absolute atomic E-state index is 12.2. The van der Waals surface area contributed by atoms with E-state index in [1.165, 1.54) is 6.42 Å². The molecular formula is C13H24N2O. The van der Waals surface area contributed by atoms with Crippen LogP contribution in [0.25, 0.3) is 0 Å². The summed E-state index contributed by atoms with van der Waals surface area (Å²) in [5.74, 6) is 1.93. The third-order valence-corrected chi connectivity index (χ3v) is 4.02. The van der Waals surface area contributed by atoms with Gasteiger partial charge in [-0.3, -0.25) is 10.1 Å². The lowest BCUT2D eigenvalue weighted by atomic mass is 10.1. The zero-order valence-electron chi connectivity index (χ0n) is 10.7. The summed E-state index contributed by atoms with van der Waals surface area (Å²) >= 11 is 0. The molecule has 0 spiro atoms. The minimum absolute atomic E-state index is 0.0870. The summed E-state index contributed by atoms with van der Waals surface area (Å²) in [6.07, 6.45) is 4.67. The van der Waals surface area contributed by atoms with Crippen LogP contribution in [-0.2, 0) is 4.79 Å². The largest absolute Gasteiger partial charge is 0.326 e. The zero-order valence-corrected chi connectivity index (χ0v) is 10.7. The Labute approximate surface area is 98.6 Å². The van der Waals surface area contributed by atoms with Crippen LogP contribution in [0.5, 0.6) is 0 Å². The van der Waals surface area contributed by atoms with Crippen molar-refractivity contribution < 1.29 is 4.79 Å². The Morgan fingerprint density at radius 3 is 2.62 bits per heavy atom. The van der Waals surface area contributed by atoms with Crippen LogP contribution >= 0.6 is 0 Å². The molecule has 4 atom stereocenters. The maximum atomic E-state index is 12.2. The molecule has 0 aromatic heterocycles. The highest BCUT2D eigenvalue weighted by Crippen LogP contribution is 2.39. The first-order chi connectivity index (χ1) is 7.67. The van der Waals surface area contributed by atoms with Crippen LogP contribution in [0.3, 0.4) is 0 Å². The summed E-state index contributed by atoms with van der Waals surface area (Å²) in [6.45, 7) is 7.55. The van der Waals surface area contributed by atoms with Crippen LogP contribution in [0.15, 0.2) is 0 Å². The fraction of sp³-hybridized carbons (Fsp3) is 0.923. The molecule has 2 aliphatic rings. The van der Waals surface area contributed by atoms with E-state index >= 15 is 0 Å². The van der Waals surface area contributed by atoms with Gasteiger partial charge in [-0.05, 0) is 31.1 Å². The number of hydrogen-bond donors (Lipinski definition) is 1. The first-order valence-electron chi connectivity index (χ1n) is 6.73. The average Bonchev–Trinajstić information content (AvgIpc) is 2.88. The number of carbonyl (C=O) groups is 1. The van der Waals surface area contributed by atoms with Gasteiger partial charge in [-0.2, -0.15) is 0 Å². The van der Waals surface area contributed by atoms with Crippen molar-refractivity contribution in [3.63, 3.8) is 0 Å². The SMILES string of the molecule is CCCC1NC(CC)N(CC2CC2C)C1=O. The van der Waals surface area contributed by atoms with Crippen molar-refractivity contribution in [2.24, 2.45) is 11.8 Å². The number of hydrogen-bond acceptors (Lipinski definition) is 2. The normalized spacial score (nSPS) is 38.2. The topological polar surface area (TPSA) is 32.3 Å². The number of nitrogens with zero attached hydrogens (tertiary/aromatic N) is 1. The number of rotatable bonds is 5. The van der Waals surface area contributed by atoms with Gasteiger partial charge in [0.05, 0.1) is 12.2 Å². The molecule has 92 valence electrons. The molecule has 0 bridgehead atoms. The molecule has 1 aliphatic heterocycles. The fourth-order valence-corrected chi connectivity index (χ4v) is 2.70. The molecule has 4 unspecified atom stereocenters. The van der Waals surface area contributed by atoms with Gasteiger partial charge in [-0.25, -0.2) is 0 Å². The molecule has 16 heavy (non-hydrogen) atoms. The van der Waals surface area contributed by atoms with E-state index in [2.05, 4.69) is 31.0 Å². The van der Waals surface area contributed by atoms with E-state index in [-0.39, 0.29) is 12.2 Å². The summed E-state index contributed by atoms with van der Waals surface area (Å²) < 4.78 is 0. The molecule has 2 fully saturated rings.